The fourth-order valence-electron chi connectivity index (χ4n) is 4.02. The van der Waals surface area contributed by atoms with Crippen molar-refractivity contribution in [1.29, 1.82) is 0 Å². The highest BCUT2D eigenvalue weighted by molar-refractivity contribution is 5.96. The number of fused-ring (bicyclic) bond motifs is 1. The van der Waals surface area contributed by atoms with Crippen molar-refractivity contribution < 1.29 is 4.79 Å². The van der Waals surface area contributed by atoms with Crippen molar-refractivity contribution in [3.05, 3.63) is 74.6 Å². The van der Waals surface area contributed by atoms with Gasteiger partial charge in [0, 0.05) is 18.8 Å². The molecule has 1 aromatic carbocycles. The minimum Gasteiger partial charge on any atom is -0.350 e. The number of likely N-dealkylation sites (N-methyl/N-ethyl adjacent to an activating group) is 1. The van der Waals surface area contributed by atoms with Crippen molar-refractivity contribution in [2.45, 2.75) is 38.8 Å². The summed E-state index contributed by atoms with van der Waals surface area (Å²) in [7, 11) is 0. The Balaban J connectivity index is 1.59. The number of aromatic nitrogens is 3. The summed E-state index contributed by atoms with van der Waals surface area (Å²) in [6.45, 7) is 6.34. The van der Waals surface area contributed by atoms with Gasteiger partial charge in [0.2, 0.25) is 0 Å². The molecule has 1 saturated carbocycles. The number of rotatable bonds is 8. The van der Waals surface area contributed by atoms with Crippen molar-refractivity contribution in [3.63, 3.8) is 0 Å². The minimum atomic E-state index is -0.524. The highest BCUT2D eigenvalue weighted by Gasteiger charge is 2.28. The van der Waals surface area contributed by atoms with Gasteiger partial charge >= 0.3 is 5.69 Å². The Labute approximate surface area is 179 Å². The number of amides is 1. The standard InChI is InChI=1S/C23H27N5O3/c1-3-27(4-2)19(15-8-6-5-7-9-15)14-25-21(29)16-12-18-20(24-13-16)28(17-10-11-17)23(31)26-22(18)30/h5-9,12-13,17,19H,3-4,10-11,14H2,1-2H3,(H,25,29)(H,26,30,31)/t19-/m1/s1. The van der Waals surface area contributed by atoms with E-state index in [0.29, 0.717) is 17.8 Å². The van der Waals surface area contributed by atoms with Gasteiger partial charge in [0.05, 0.1) is 17.0 Å². The molecule has 4 rings (SSSR count). The SMILES string of the molecule is CCN(CC)[C@H](CNC(=O)c1cnc2c(c1)c(=O)[nH]c(=O)n2C1CC1)c1ccccc1. The molecule has 1 fully saturated rings. The van der Waals surface area contributed by atoms with Gasteiger partial charge < -0.3 is 5.32 Å². The lowest BCUT2D eigenvalue weighted by atomic mass is 10.0. The summed E-state index contributed by atoms with van der Waals surface area (Å²) in [5, 5.41) is 3.24. The van der Waals surface area contributed by atoms with Crippen LogP contribution in [0, 0.1) is 0 Å². The largest absolute Gasteiger partial charge is 0.350 e. The fourth-order valence-corrected chi connectivity index (χ4v) is 4.02. The maximum absolute atomic E-state index is 12.9. The van der Waals surface area contributed by atoms with Crippen LogP contribution in [0.15, 0.2) is 52.2 Å². The molecule has 2 aromatic heterocycles. The Bertz CT molecular complexity index is 1190. The lowest BCUT2D eigenvalue weighted by molar-refractivity contribution is 0.0934. The van der Waals surface area contributed by atoms with Crippen molar-refractivity contribution >= 4 is 16.9 Å². The van der Waals surface area contributed by atoms with Crippen LogP contribution < -0.4 is 16.6 Å². The van der Waals surface area contributed by atoms with Crippen LogP contribution in [0.4, 0.5) is 0 Å². The highest BCUT2D eigenvalue weighted by Crippen LogP contribution is 2.34. The van der Waals surface area contributed by atoms with Gasteiger partial charge in [-0.3, -0.25) is 24.0 Å². The Morgan fingerprint density at radius 2 is 1.94 bits per heavy atom. The molecule has 0 unspecified atom stereocenters. The van der Waals surface area contributed by atoms with E-state index in [0.717, 1.165) is 31.5 Å². The Kier molecular flexibility index (Phi) is 5.99. The molecule has 31 heavy (non-hydrogen) atoms. The Morgan fingerprint density at radius 1 is 1.23 bits per heavy atom. The first-order valence-electron chi connectivity index (χ1n) is 10.7. The number of carbonyl (C=O) groups excluding carboxylic acids is 1. The van der Waals surface area contributed by atoms with Gasteiger partial charge in [-0.15, -0.1) is 0 Å². The quantitative estimate of drug-likeness (QED) is 0.581. The van der Waals surface area contributed by atoms with E-state index in [1.54, 1.807) is 0 Å². The number of hydrogen-bond donors (Lipinski definition) is 2. The van der Waals surface area contributed by atoms with Crippen LogP contribution in [0.2, 0.25) is 0 Å². The third-order valence-electron chi connectivity index (χ3n) is 5.85. The topological polar surface area (TPSA) is 100 Å². The molecular weight excluding hydrogens is 394 g/mol. The summed E-state index contributed by atoms with van der Waals surface area (Å²) >= 11 is 0. The summed E-state index contributed by atoms with van der Waals surface area (Å²) in [5.41, 5.74) is 0.787. The maximum atomic E-state index is 12.9. The third-order valence-corrected chi connectivity index (χ3v) is 5.85. The van der Waals surface area contributed by atoms with Crippen LogP contribution in [-0.4, -0.2) is 45.0 Å². The molecule has 2 heterocycles. The van der Waals surface area contributed by atoms with E-state index in [9.17, 15) is 14.4 Å². The fraction of sp³-hybridized carbons (Fsp3) is 0.391. The smallest absolute Gasteiger partial charge is 0.330 e. The molecule has 1 aliphatic rings. The zero-order chi connectivity index (χ0) is 22.0. The van der Waals surface area contributed by atoms with Gasteiger partial charge in [0.1, 0.15) is 5.65 Å². The molecule has 8 nitrogen and oxygen atoms in total. The summed E-state index contributed by atoms with van der Waals surface area (Å²) in [6, 6.07) is 11.7. The van der Waals surface area contributed by atoms with Crippen molar-refractivity contribution in [2.24, 2.45) is 0 Å². The summed E-state index contributed by atoms with van der Waals surface area (Å²) in [5.74, 6) is -0.300. The number of benzene rings is 1. The van der Waals surface area contributed by atoms with Crippen LogP contribution >= 0.6 is 0 Å². The van der Waals surface area contributed by atoms with E-state index in [1.807, 2.05) is 18.2 Å². The van der Waals surface area contributed by atoms with Crippen molar-refractivity contribution in [3.8, 4) is 0 Å². The second-order valence-corrected chi connectivity index (χ2v) is 7.81. The first-order valence-corrected chi connectivity index (χ1v) is 10.7. The number of pyridine rings is 1. The number of aromatic amines is 1. The molecule has 3 aromatic rings. The van der Waals surface area contributed by atoms with Gasteiger partial charge in [-0.2, -0.15) is 0 Å². The average Bonchev–Trinajstić information content (AvgIpc) is 3.62. The van der Waals surface area contributed by atoms with E-state index >= 15 is 0 Å². The number of carbonyl (C=O) groups is 1. The van der Waals surface area contributed by atoms with E-state index in [2.05, 4.69) is 46.2 Å². The lowest BCUT2D eigenvalue weighted by Crippen LogP contribution is -2.38. The first kappa shape index (κ1) is 21.0. The summed E-state index contributed by atoms with van der Waals surface area (Å²) in [6.07, 6.45) is 3.21. The lowest BCUT2D eigenvalue weighted by Gasteiger charge is -2.30. The normalized spacial score (nSPS) is 14.7. The van der Waals surface area contributed by atoms with Crippen LogP contribution in [0.1, 0.15) is 54.7 Å². The van der Waals surface area contributed by atoms with Crippen LogP contribution in [0.3, 0.4) is 0 Å². The number of H-pyrrole nitrogens is 1. The molecule has 8 heteroatoms. The van der Waals surface area contributed by atoms with Crippen molar-refractivity contribution in [1.82, 2.24) is 24.8 Å². The van der Waals surface area contributed by atoms with Gasteiger partial charge in [0.25, 0.3) is 11.5 Å². The van der Waals surface area contributed by atoms with E-state index in [4.69, 9.17) is 0 Å². The molecule has 0 aliphatic heterocycles. The molecule has 1 atom stereocenters. The number of nitrogens with zero attached hydrogens (tertiary/aromatic N) is 3. The van der Waals surface area contributed by atoms with Crippen LogP contribution in [0.5, 0.6) is 0 Å². The van der Waals surface area contributed by atoms with Gasteiger partial charge in [0.15, 0.2) is 0 Å². The van der Waals surface area contributed by atoms with E-state index in [-0.39, 0.29) is 23.4 Å². The second kappa shape index (κ2) is 8.85. The predicted octanol–water partition coefficient (Wildman–Crippen LogP) is 2.23. The summed E-state index contributed by atoms with van der Waals surface area (Å²) < 4.78 is 1.52. The monoisotopic (exact) mass is 421 g/mol. The second-order valence-electron chi connectivity index (χ2n) is 7.81. The van der Waals surface area contributed by atoms with Crippen LogP contribution in [-0.2, 0) is 0 Å². The minimum absolute atomic E-state index is 0.0389. The third kappa shape index (κ3) is 4.29. The molecular formula is C23H27N5O3. The highest BCUT2D eigenvalue weighted by atomic mass is 16.2. The van der Waals surface area contributed by atoms with Gasteiger partial charge in [-0.25, -0.2) is 9.78 Å². The summed E-state index contributed by atoms with van der Waals surface area (Å²) in [4.78, 5) is 46.3. The molecule has 0 radical (unpaired) electrons. The first-order chi connectivity index (χ1) is 15.0. The molecule has 1 aliphatic carbocycles. The molecule has 2 N–H and O–H groups in total. The Morgan fingerprint density at radius 3 is 2.58 bits per heavy atom. The maximum Gasteiger partial charge on any atom is 0.330 e. The zero-order valence-electron chi connectivity index (χ0n) is 17.8. The zero-order valence-corrected chi connectivity index (χ0v) is 17.8. The van der Waals surface area contributed by atoms with Crippen LogP contribution in [0.25, 0.3) is 11.0 Å². The molecule has 0 spiro atoms. The number of nitrogens with one attached hydrogen (secondary N) is 2. The van der Waals surface area contributed by atoms with Gasteiger partial charge in [-0.1, -0.05) is 44.2 Å². The van der Waals surface area contributed by atoms with E-state index in [1.165, 1.54) is 16.8 Å². The predicted molar refractivity (Wildman–Crippen MR) is 119 cm³/mol. The molecule has 0 saturated heterocycles. The molecule has 162 valence electrons. The van der Waals surface area contributed by atoms with E-state index < -0.39 is 11.2 Å². The Hall–Kier alpha value is -3.26. The molecule has 0 bridgehead atoms. The number of hydrogen-bond acceptors (Lipinski definition) is 5. The van der Waals surface area contributed by atoms with Gasteiger partial charge in [-0.05, 0) is 37.6 Å². The molecule has 1 amide bonds. The van der Waals surface area contributed by atoms with Crippen molar-refractivity contribution in [2.75, 3.05) is 19.6 Å². The average molecular weight is 422 g/mol.